The first-order valence-corrected chi connectivity index (χ1v) is 9.34. The van der Waals surface area contributed by atoms with Gasteiger partial charge in [0, 0.05) is 12.1 Å². The molecule has 0 saturated heterocycles. The van der Waals surface area contributed by atoms with Crippen LogP contribution in [0.15, 0.2) is 60.7 Å². The van der Waals surface area contributed by atoms with Gasteiger partial charge in [0.05, 0.1) is 0 Å². The number of phenols is 1. The van der Waals surface area contributed by atoms with Crippen molar-refractivity contribution in [3.8, 4) is 5.75 Å². The number of rotatable bonds is 4. The molecule has 4 rings (SSSR count). The van der Waals surface area contributed by atoms with Crippen LogP contribution in [0, 0.1) is 5.82 Å². The fraction of sp³-hybridized carbons (Fsp3) is 0.304. The second-order valence-corrected chi connectivity index (χ2v) is 7.37. The summed E-state index contributed by atoms with van der Waals surface area (Å²) in [5.41, 5.74) is 2.31. The molecule has 0 aliphatic heterocycles. The van der Waals surface area contributed by atoms with Gasteiger partial charge in [0.1, 0.15) is 0 Å². The Bertz CT molecular complexity index is 918. The molecule has 0 unspecified atom stereocenters. The summed E-state index contributed by atoms with van der Waals surface area (Å²) in [4.78, 5) is 0. The quantitative estimate of drug-likeness (QED) is 0.636. The van der Waals surface area contributed by atoms with E-state index >= 15 is 0 Å². The van der Waals surface area contributed by atoms with Crippen LogP contribution in [0.25, 0.3) is 10.8 Å². The van der Waals surface area contributed by atoms with Crippen LogP contribution in [0.2, 0.25) is 0 Å². The van der Waals surface area contributed by atoms with Gasteiger partial charge in [-0.15, -0.1) is 0 Å². The Morgan fingerprint density at radius 1 is 1.04 bits per heavy atom. The molecule has 0 spiro atoms. The van der Waals surface area contributed by atoms with Crippen LogP contribution < -0.4 is 5.32 Å². The van der Waals surface area contributed by atoms with E-state index in [1.54, 1.807) is 0 Å². The van der Waals surface area contributed by atoms with Crippen molar-refractivity contribution in [2.24, 2.45) is 0 Å². The summed E-state index contributed by atoms with van der Waals surface area (Å²) in [7, 11) is 0. The highest BCUT2D eigenvalue weighted by atomic mass is 19.1. The minimum Gasteiger partial charge on any atom is -0.505 e. The van der Waals surface area contributed by atoms with Gasteiger partial charge in [-0.3, -0.25) is 0 Å². The predicted molar refractivity (Wildman–Crippen MR) is 104 cm³/mol. The first kappa shape index (κ1) is 17.0. The molecule has 3 atom stereocenters. The van der Waals surface area contributed by atoms with E-state index in [2.05, 4.69) is 54.7 Å². The minimum absolute atomic E-state index is 0.265. The molecule has 3 aromatic carbocycles. The maximum Gasteiger partial charge on any atom is 0.165 e. The molecular formula is C23H24FNO. The number of fused-ring (bicyclic) bond motifs is 1. The van der Waals surface area contributed by atoms with E-state index in [1.807, 2.05) is 6.07 Å². The van der Waals surface area contributed by atoms with E-state index in [4.69, 9.17) is 0 Å². The summed E-state index contributed by atoms with van der Waals surface area (Å²) in [6.45, 7) is 2.22. The van der Waals surface area contributed by atoms with Crippen LogP contribution in [0.3, 0.4) is 0 Å². The highest BCUT2D eigenvalue weighted by Crippen LogP contribution is 2.37. The van der Waals surface area contributed by atoms with Gasteiger partial charge in [-0.2, -0.15) is 0 Å². The third kappa shape index (κ3) is 3.32. The molecular weight excluding hydrogens is 325 g/mol. The first-order valence-electron chi connectivity index (χ1n) is 9.34. The summed E-state index contributed by atoms with van der Waals surface area (Å²) in [5, 5.41) is 15.7. The zero-order valence-electron chi connectivity index (χ0n) is 15.0. The summed E-state index contributed by atoms with van der Waals surface area (Å²) < 4.78 is 13.6. The number of benzene rings is 3. The molecule has 1 fully saturated rings. The van der Waals surface area contributed by atoms with Crippen molar-refractivity contribution in [3.05, 3.63) is 77.6 Å². The molecule has 0 amide bonds. The third-order valence-electron chi connectivity index (χ3n) is 5.65. The highest BCUT2D eigenvalue weighted by Gasteiger charge is 2.27. The molecule has 0 bridgehead atoms. The second-order valence-electron chi connectivity index (χ2n) is 7.37. The summed E-state index contributed by atoms with van der Waals surface area (Å²) in [6, 6.07) is 20.4. The molecule has 1 aliphatic carbocycles. The number of hydrogen-bond donors (Lipinski definition) is 2. The minimum atomic E-state index is -0.525. The van der Waals surface area contributed by atoms with Crippen molar-refractivity contribution in [1.29, 1.82) is 0 Å². The lowest BCUT2D eigenvalue weighted by Gasteiger charge is -2.21. The van der Waals surface area contributed by atoms with Gasteiger partial charge < -0.3 is 10.4 Å². The van der Waals surface area contributed by atoms with Crippen LogP contribution in [0.5, 0.6) is 5.75 Å². The lowest BCUT2D eigenvalue weighted by Crippen LogP contribution is -2.29. The van der Waals surface area contributed by atoms with Crippen molar-refractivity contribution in [1.82, 2.24) is 5.32 Å². The zero-order chi connectivity index (χ0) is 18.1. The Hall–Kier alpha value is -2.39. The fourth-order valence-electron chi connectivity index (χ4n) is 4.28. The summed E-state index contributed by atoms with van der Waals surface area (Å²) >= 11 is 0. The molecule has 3 heteroatoms. The fourth-order valence-corrected chi connectivity index (χ4v) is 4.28. The first-order chi connectivity index (χ1) is 12.6. The zero-order valence-corrected chi connectivity index (χ0v) is 15.0. The normalized spacial score (nSPS) is 21.2. The van der Waals surface area contributed by atoms with Crippen molar-refractivity contribution in [2.75, 3.05) is 0 Å². The standard InChI is InChI=1S/C23H24FNO/c1-15(20-8-4-6-16-5-2-3-7-21(16)20)25-19-11-9-17(13-19)18-10-12-23(26)22(24)14-18/h2-8,10,12,14-15,17,19,25-26H,9,11,13H2,1H3/t15-,17-,19+/m1/s1. The molecule has 0 heterocycles. The maximum atomic E-state index is 13.6. The number of phenolic OH excluding ortho intramolecular Hbond substituents is 1. The topological polar surface area (TPSA) is 32.3 Å². The van der Waals surface area contributed by atoms with Crippen molar-refractivity contribution < 1.29 is 9.50 Å². The van der Waals surface area contributed by atoms with E-state index in [0.717, 1.165) is 24.8 Å². The molecule has 1 saturated carbocycles. The molecule has 3 aromatic rings. The summed E-state index contributed by atoms with van der Waals surface area (Å²) in [5.74, 6) is -0.448. The Morgan fingerprint density at radius 3 is 2.69 bits per heavy atom. The third-order valence-corrected chi connectivity index (χ3v) is 5.65. The Balaban J connectivity index is 1.47. The largest absolute Gasteiger partial charge is 0.505 e. The number of hydrogen-bond acceptors (Lipinski definition) is 2. The number of nitrogens with one attached hydrogen (secondary N) is 1. The van der Waals surface area contributed by atoms with Gasteiger partial charge in [-0.1, -0.05) is 48.5 Å². The van der Waals surface area contributed by atoms with Crippen molar-refractivity contribution in [2.45, 2.75) is 44.2 Å². The van der Waals surface area contributed by atoms with Crippen LogP contribution >= 0.6 is 0 Å². The Labute approximate surface area is 153 Å². The lowest BCUT2D eigenvalue weighted by molar-refractivity contribution is 0.430. The molecule has 134 valence electrons. The molecule has 2 N–H and O–H groups in total. The number of aromatic hydroxyl groups is 1. The van der Waals surface area contributed by atoms with Crippen LogP contribution in [-0.4, -0.2) is 11.1 Å². The van der Waals surface area contributed by atoms with E-state index < -0.39 is 5.82 Å². The SMILES string of the molecule is C[C@@H](N[C@H]1CC[C@@H](c2ccc(O)c(F)c2)C1)c1cccc2ccccc12. The number of halogens is 1. The highest BCUT2D eigenvalue weighted by molar-refractivity contribution is 5.86. The van der Waals surface area contributed by atoms with Gasteiger partial charge >= 0.3 is 0 Å². The summed E-state index contributed by atoms with van der Waals surface area (Å²) in [6.07, 6.45) is 3.13. The smallest absolute Gasteiger partial charge is 0.165 e. The Morgan fingerprint density at radius 2 is 1.85 bits per heavy atom. The van der Waals surface area contributed by atoms with E-state index in [9.17, 15) is 9.50 Å². The van der Waals surface area contributed by atoms with Crippen molar-refractivity contribution >= 4 is 10.8 Å². The molecule has 1 aliphatic rings. The lowest BCUT2D eigenvalue weighted by atomic mass is 9.96. The average molecular weight is 349 g/mol. The van der Waals surface area contributed by atoms with Gasteiger partial charge in [-0.25, -0.2) is 4.39 Å². The molecule has 0 aromatic heterocycles. The maximum absolute atomic E-state index is 13.6. The van der Waals surface area contributed by atoms with Crippen molar-refractivity contribution in [3.63, 3.8) is 0 Å². The monoisotopic (exact) mass is 349 g/mol. The van der Waals surface area contributed by atoms with Gasteiger partial charge in [-0.05, 0) is 66.1 Å². The van der Waals surface area contributed by atoms with Crippen LogP contribution in [0.1, 0.15) is 49.3 Å². The van der Waals surface area contributed by atoms with E-state index in [0.29, 0.717) is 12.0 Å². The average Bonchev–Trinajstić information content (AvgIpc) is 3.12. The molecule has 0 radical (unpaired) electrons. The second kappa shape index (κ2) is 7.08. The van der Waals surface area contributed by atoms with Gasteiger partial charge in [0.15, 0.2) is 11.6 Å². The van der Waals surface area contributed by atoms with Gasteiger partial charge in [0.2, 0.25) is 0 Å². The van der Waals surface area contributed by atoms with Crippen LogP contribution in [0.4, 0.5) is 4.39 Å². The Kier molecular flexibility index (Phi) is 4.64. The van der Waals surface area contributed by atoms with E-state index in [1.165, 1.54) is 28.5 Å². The van der Waals surface area contributed by atoms with Gasteiger partial charge in [0.25, 0.3) is 0 Å². The molecule has 2 nitrogen and oxygen atoms in total. The van der Waals surface area contributed by atoms with Crippen LogP contribution in [-0.2, 0) is 0 Å². The molecule has 26 heavy (non-hydrogen) atoms. The van der Waals surface area contributed by atoms with E-state index in [-0.39, 0.29) is 11.8 Å². The predicted octanol–water partition coefficient (Wildman–Crippen LogP) is 5.67.